The summed E-state index contributed by atoms with van der Waals surface area (Å²) >= 11 is 0. The molecular formula is C25H25N3O4. The molecule has 164 valence electrons. The van der Waals surface area contributed by atoms with E-state index in [2.05, 4.69) is 5.32 Å². The minimum Gasteiger partial charge on any atom is -0.497 e. The summed E-state index contributed by atoms with van der Waals surface area (Å²) in [5.74, 6) is -0.139. The molecule has 0 saturated heterocycles. The van der Waals surface area contributed by atoms with E-state index in [4.69, 9.17) is 4.74 Å². The summed E-state index contributed by atoms with van der Waals surface area (Å²) in [5, 5.41) is 4.41. The number of hydrogen-bond acceptors (Lipinski definition) is 4. The van der Waals surface area contributed by atoms with Gasteiger partial charge in [-0.25, -0.2) is 0 Å². The second-order valence-corrected chi connectivity index (χ2v) is 7.74. The van der Waals surface area contributed by atoms with E-state index >= 15 is 0 Å². The molecule has 1 aliphatic heterocycles. The standard InChI is InChI=1S/C25H25N3O4/c1-16(24(30)26-2)27(14-17-7-4-10-19(13-17)32-3)22(29)15-28-21-12-6-9-18-8-5-11-20(23(18)21)25(28)31/h4-13,16H,14-15H2,1-3H3,(H,26,30). The van der Waals surface area contributed by atoms with Gasteiger partial charge >= 0.3 is 0 Å². The van der Waals surface area contributed by atoms with Gasteiger partial charge in [-0.2, -0.15) is 0 Å². The minimum absolute atomic E-state index is 0.155. The molecule has 0 aromatic heterocycles. The van der Waals surface area contributed by atoms with Crippen LogP contribution in [0.3, 0.4) is 0 Å². The summed E-state index contributed by atoms with van der Waals surface area (Å²) in [6, 6.07) is 17.9. The first-order valence-electron chi connectivity index (χ1n) is 10.4. The molecule has 1 atom stereocenters. The van der Waals surface area contributed by atoms with Crippen molar-refractivity contribution >= 4 is 34.2 Å². The zero-order chi connectivity index (χ0) is 22.8. The lowest BCUT2D eigenvalue weighted by Gasteiger charge is -2.30. The quantitative estimate of drug-likeness (QED) is 0.624. The summed E-state index contributed by atoms with van der Waals surface area (Å²) in [4.78, 5) is 41.9. The molecule has 7 nitrogen and oxygen atoms in total. The third-order valence-electron chi connectivity index (χ3n) is 5.84. The lowest BCUT2D eigenvalue weighted by molar-refractivity contribution is -0.139. The van der Waals surface area contributed by atoms with Gasteiger partial charge in [-0.15, -0.1) is 0 Å². The Bertz CT molecular complexity index is 1200. The number of carbonyl (C=O) groups is 3. The van der Waals surface area contributed by atoms with Crippen LogP contribution < -0.4 is 15.0 Å². The monoisotopic (exact) mass is 431 g/mol. The SMILES string of the molecule is CNC(=O)C(C)N(Cc1cccc(OC)c1)C(=O)CN1C(=O)c2cccc3cccc1c23. The molecule has 0 fully saturated rings. The highest BCUT2D eigenvalue weighted by atomic mass is 16.5. The maximum atomic E-state index is 13.5. The topological polar surface area (TPSA) is 79.0 Å². The number of benzene rings is 3. The Kier molecular flexibility index (Phi) is 5.81. The number of rotatable bonds is 7. The summed E-state index contributed by atoms with van der Waals surface area (Å²) in [6.45, 7) is 1.74. The second kappa shape index (κ2) is 8.70. The Balaban J connectivity index is 1.64. The lowest BCUT2D eigenvalue weighted by Crippen LogP contribution is -2.50. The van der Waals surface area contributed by atoms with E-state index < -0.39 is 6.04 Å². The maximum Gasteiger partial charge on any atom is 0.259 e. The summed E-state index contributed by atoms with van der Waals surface area (Å²) in [5.41, 5.74) is 2.13. The van der Waals surface area contributed by atoms with Crippen LogP contribution in [0.25, 0.3) is 10.8 Å². The van der Waals surface area contributed by atoms with Gasteiger partial charge in [-0.1, -0.05) is 36.4 Å². The number of amides is 3. The normalized spacial score (nSPS) is 13.2. The Morgan fingerprint density at radius 2 is 1.81 bits per heavy atom. The molecule has 7 heteroatoms. The number of methoxy groups -OCH3 is 1. The van der Waals surface area contributed by atoms with Gasteiger partial charge in [0.25, 0.3) is 5.91 Å². The average Bonchev–Trinajstić information content (AvgIpc) is 3.09. The van der Waals surface area contributed by atoms with E-state index in [1.54, 1.807) is 20.1 Å². The van der Waals surface area contributed by atoms with E-state index in [1.807, 2.05) is 54.6 Å². The first-order valence-corrected chi connectivity index (χ1v) is 10.4. The highest BCUT2D eigenvalue weighted by molar-refractivity contribution is 6.26. The van der Waals surface area contributed by atoms with Crippen molar-refractivity contribution in [3.63, 3.8) is 0 Å². The molecule has 3 amide bonds. The van der Waals surface area contributed by atoms with Crippen molar-refractivity contribution in [1.29, 1.82) is 0 Å². The molecule has 1 unspecified atom stereocenters. The molecule has 0 aliphatic carbocycles. The van der Waals surface area contributed by atoms with Crippen LogP contribution in [0.1, 0.15) is 22.8 Å². The van der Waals surface area contributed by atoms with Crippen LogP contribution in [-0.4, -0.2) is 49.4 Å². The van der Waals surface area contributed by atoms with Gasteiger partial charge in [0, 0.05) is 24.5 Å². The summed E-state index contributed by atoms with van der Waals surface area (Å²) in [7, 11) is 3.11. The smallest absolute Gasteiger partial charge is 0.259 e. The Morgan fingerprint density at radius 1 is 1.09 bits per heavy atom. The van der Waals surface area contributed by atoms with Gasteiger partial charge in [0.15, 0.2) is 0 Å². The van der Waals surface area contributed by atoms with Gasteiger partial charge in [0.05, 0.1) is 12.8 Å². The lowest BCUT2D eigenvalue weighted by atomic mass is 10.1. The molecule has 3 aromatic carbocycles. The number of nitrogens with zero attached hydrogens (tertiary/aromatic N) is 2. The van der Waals surface area contributed by atoms with Crippen LogP contribution in [0.2, 0.25) is 0 Å². The predicted molar refractivity (Wildman–Crippen MR) is 123 cm³/mol. The first-order chi connectivity index (χ1) is 15.4. The van der Waals surface area contributed by atoms with Crippen molar-refractivity contribution in [2.45, 2.75) is 19.5 Å². The van der Waals surface area contributed by atoms with Crippen molar-refractivity contribution in [2.24, 2.45) is 0 Å². The number of nitrogens with one attached hydrogen (secondary N) is 1. The number of hydrogen-bond donors (Lipinski definition) is 1. The number of ether oxygens (including phenoxy) is 1. The van der Waals surface area contributed by atoms with Crippen LogP contribution in [0.15, 0.2) is 60.7 Å². The Morgan fingerprint density at radius 3 is 2.53 bits per heavy atom. The van der Waals surface area contributed by atoms with E-state index in [1.165, 1.54) is 16.8 Å². The van der Waals surface area contributed by atoms with Crippen LogP contribution in [0.4, 0.5) is 5.69 Å². The highest BCUT2D eigenvalue weighted by Gasteiger charge is 2.34. The van der Waals surface area contributed by atoms with Crippen molar-refractivity contribution < 1.29 is 19.1 Å². The van der Waals surface area contributed by atoms with E-state index in [0.29, 0.717) is 17.0 Å². The predicted octanol–water partition coefficient (Wildman–Crippen LogP) is 2.97. The van der Waals surface area contributed by atoms with E-state index in [9.17, 15) is 14.4 Å². The molecule has 0 spiro atoms. The maximum absolute atomic E-state index is 13.5. The van der Waals surface area contributed by atoms with Gasteiger partial charge in [0.2, 0.25) is 11.8 Å². The van der Waals surface area contributed by atoms with Crippen LogP contribution >= 0.6 is 0 Å². The van der Waals surface area contributed by atoms with Crippen molar-refractivity contribution in [3.8, 4) is 5.75 Å². The molecule has 1 aliphatic rings. The van der Waals surface area contributed by atoms with Crippen LogP contribution in [0.5, 0.6) is 5.75 Å². The third-order valence-corrected chi connectivity index (χ3v) is 5.84. The molecule has 0 radical (unpaired) electrons. The Hall–Kier alpha value is -3.87. The molecule has 32 heavy (non-hydrogen) atoms. The van der Waals surface area contributed by atoms with Gasteiger partial charge in [0.1, 0.15) is 18.3 Å². The fourth-order valence-corrected chi connectivity index (χ4v) is 4.12. The molecule has 0 saturated carbocycles. The van der Waals surface area contributed by atoms with Crippen molar-refractivity contribution in [1.82, 2.24) is 10.2 Å². The molecule has 4 rings (SSSR count). The van der Waals surface area contributed by atoms with E-state index in [0.717, 1.165) is 16.3 Å². The van der Waals surface area contributed by atoms with Crippen molar-refractivity contribution in [3.05, 3.63) is 71.8 Å². The van der Waals surface area contributed by atoms with E-state index in [-0.39, 0.29) is 30.8 Å². The molecular weight excluding hydrogens is 406 g/mol. The van der Waals surface area contributed by atoms with Crippen LogP contribution in [0, 0.1) is 0 Å². The van der Waals surface area contributed by atoms with Crippen molar-refractivity contribution in [2.75, 3.05) is 25.6 Å². The highest BCUT2D eigenvalue weighted by Crippen LogP contribution is 2.37. The number of carbonyl (C=O) groups excluding carboxylic acids is 3. The molecule has 1 heterocycles. The second-order valence-electron chi connectivity index (χ2n) is 7.74. The average molecular weight is 431 g/mol. The summed E-state index contributed by atoms with van der Waals surface area (Å²) in [6.07, 6.45) is 0. The van der Waals surface area contributed by atoms with Gasteiger partial charge in [-0.05, 0) is 42.1 Å². The first kappa shape index (κ1) is 21.4. The zero-order valence-electron chi connectivity index (χ0n) is 18.3. The van der Waals surface area contributed by atoms with Crippen LogP contribution in [-0.2, 0) is 16.1 Å². The largest absolute Gasteiger partial charge is 0.497 e. The zero-order valence-corrected chi connectivity index (χ0v) is 18.3. The fraction of sp³-hybridized carbons (Fsp3) is 0.240. The van der Waals surface area contributed by atoms with Gasteiger partial charge < -0.3 is 15.0 Å². The number of likely N-dealkylation sites (N-methyl/N-ethyl adjacent to an activating group) is 1. The molecule has 3 aromatic rings. The third kappa shape index (κ3) is 3.77. The summed E-state index contributed by atoms with van der Waals surface area (Å²) < 4.78 is 5.28. The number of anilines is 1. The molecule has 0 bridgehead atoms. The van der Waals surface area contributed by atoms with Gasteiger partial charge in [-0.3, -0.25) is 19.3 Å². The fourth-order valence-electron chi connectivity index (χ4n) is 4.12. The minimum atomic E-state index is -0.713. The molecule has 1 N–H and O–H groups in total. The Labute approximate surface area is 186 Å².